The first kappa shape index (κ1) is 30.9. The predicted molar refractivity (Wildman–Crippen MR) is 132 cm³/mol. The summed E-state index contributed by atoms with van der Waals surface area (Å²) in [6.45, 7) is 2.29. The number of nitrogens with one attached hydrogen (secondary N) is 1. The van der Waals surface area contributed by atoms with E-state index >= 15 is 0 Å². The number of ether oxygens (including phenoxy) is 2. The van der Waals surface area contributed by atoms with E-state index in [-0.39, 0.29) is 0 Å². The van der Waals surface area contributed by atoms with Crippen molar-refractivity contribution < 1.29 is 33.4 Å². The van der Waals surface area contributed by atoms with Crippen molar-refractivity contribution in [2.75, 3.05) is 13.2 Å². The van der Waals surface area contributed by atoms with E-state index in [9.17, 15) is 19.4 Å². The first-order valence-corrected chi connectivity index (χ1v) is 14.1. The second-order valence-electron chi connectivity index (χ2n) is 8.92. The fraction of sp³-hybridized carbons (Fsp3) is 0.875. The summed E-state index contributed by atoms with van der Waals surface area (Å²) in [6.07, 6.45) is 16.9. The van der Waals surface area contributed by atoms with Crippen LogP contribution in [0.2, 0.25) is 0 Å². The summed E-state index contributed by atoms with van der Waals surface area (Å²) in [5.41, 5.74) is 5.08. The number of aliphatic hydroxyl groups excluding tert-OH is 1. The number of unbranched alkanes of at least 4 members (excludes halogenated alkanes) is 13. The number of aliphatic hydroxyl groups is 1. The Bertz CT molecular complexity index is 580. The summed E-state index contributed by atoms with van der Waals surface area (Å²) in [6, 6.07) is 0. The summed E-state index contributed by atoms with van der Waals surface area (Å²) >= 11 is 0. The quantitative estimate of drug-likeness (QED) is 0.0975. The Morgan fingerprint density at radius 1 is 0.971 bits per heavy atom. The van der Waals surface area contributed by atoms with Crippen LogP contribution in [0.3, 0.4) is 0 Å². The van der Waals surface area contributed by atoms with Gasteiger partial charge >= 0.3 is 8.25 Å². The molecule has 1 fully saturated rings. The molecule has 0 spiro atoms. The second-order valence-corrected chi connectivity index (χ2v) is 9.61. The van der Waals surface area contributed by atoms with Crippen LogP contribution in [0, 0.1) is 0 Å². The highest BCUT2D eigenvalue weighted by Gasteiger charge is 2.50. The highest BCUT2D eigenvalue weighted by atomic mass is 31.1. The van der Waals surface area contributed by atoms with E-state index in [0.717, 1.165) is 25.3 Å². The lowest BCUT2D eigenvalue weighted by molar-refractivity contribution is -0.113. The van der Waals surface area contributed by atoms with E-state index in [1.54, 1.807) is 0 Å². The lowest BCUT2D eigenvalue weighted by Gasteiger charge is -2.21. The molecule has 1 rings (SSSR count). The molecular formula is C24H46N2O7P+. The molecule has 0 saturated carbocycles. The number of hydrogen-bond acceptors (Lipinski definition) is 7. The highest BCUT2D eigenvalue weighted by molar-refractivity contribution is 7.32. The van der Waals surface area contributed by atoms with E-state index in [2.05, 4.69) is 12.2 Å². The van der Waals surface area contributed by atoms with Gasteiger partial charge in [-0.2, -0.15) is 0 Å². The maximum absolute atomic E-state index is 11.2. The normalized spacial score (nSPS) is 23.0. The zero-order valence-corrected chi connectivity index (χ0v) is 21.6. The highest BCUT2D eigenvalue weighted by Crippen LogP contribution is 2.32. The fourth-order valence-electron chi connectivity index (χ4n) is 4.16. The Hall–Kier alpha value is -1.09. The standard InChI is InChI=1S/C24H45N2O7P/c1-2-3-4-5-6-7-8-9-10-11-12-13-14-15-18-31-23-22(33-34(29)30)20(19-27)32-24(23)26-17-16-21(25)28/h16-17,20,22-24,27H,2-15,18-19H2,1H3,(H3-,25,26,28,29,30)/p+1/t20-,22?,23?,24-/m1/s1. The summed E-state index contributed by atoms with van der Waals surface area (Å²) in [7, 11) is -2.89. The third kappa shape index (κ3) is 14.3. The smallest absolute Gasteiger partial charge is 0.394 e. The molecule has 198 valence electrons. The molecule has 1 aliphatic heterocycles. The van der Waals surface area contributed by atoms with Crippen molar-refractivity contribution >= 4 is 14.2 Å². The van der Waals surface area contributed by atoms with Crippen LogP contribution in [-0.4, -0.2) is 53.7 Å². The predicted octanol–water partition coefficient (Wildman–Crippen LogP) is 4.19. The van der Waals surface area contributed by atoms with E-state index in [1.807, 2.05) is 0 Å². The third-order valence-corrected chi connectivity index (χ3v) is 6.44. The van der Waals surface area contributed by atoms with Crippen LogP contribution in [0.5, 0.6) is 0 Å². The van der Waals surface area contributed by atoms with Crippen LogP contribution in [-0.2, 0) is 23.4 Å². The Morgan fingerprint density at radius 3 is 1.97 bits per heavy atom. The van der Waals surface area contributed by atoms with Crippen molar-refractivity contribution in [3.63, 3.8) is 0 Å². The Kier molecular flexibility index (Phi) is 18.3. The van der Waals surface area contributed by atoms with Crippen molar-refractivity contribution in [1.29, 1.82) is 0 Å². The maximum atomic E-state index is 11.2. The molecule has 0 aromatic carbocycles. The van der Waals surface area contributed by atoms with Gasteiger partial charge in [0.25, 0.3) is 0 Å². The molecule has 9 nitrogen and oxygen atoms in total. The minimum Gasteiger partial charge on any atom is -0.394 e. The molecule has 0 aromatic rings. The molecule has 1 saturated heterocycles. The van der Waals surface area contributed by atoms with E-state index in [0.29, 0.717) is 6.61 Å². The number of hydrogen-bond donors (Lipinski definition) is 4. The SMILES string of the molecule is CCCCCCCCCCCCCCCCOC1C(O[P+](=O)O)[C@@H](CO)O[C@H]1N/C=C\C(N)=O. The maximum Gasteiger partial charge on any atom is 0.695 e. The van der Waals surface area contributed by atoms with Crippen LogP contribution in [0.4, 0.5) is 0 Å². The van der Waals surface area contributed by atoms with Crippen LogP contribution in [0.1, 0.15) is 96.8 Å². The average Bonchev–Trinajstić information content (AvgIpc) is 3.11. The van der Waals surface area contributed by atoms with Crippen molar-refractivity contribution in [2.45, 2.75) is 121 Å². The number of rotatable bonds is 22. The zero-order chi connectivity index (χ0) is 25.0. The molecule has 3 unspecified atom stereocenters. The van der Waals surface area contributed by atoms with Crippen molar-refractivity contribution in [3.8, 4) is 0 Å². The van der Waals surface area contributed by atoms with Crippen molar-refractivity contribution in [2.24, 2.45) is 5.73 Å². The molecule has 0 aromatic heterocycles. The van der Waals surface area contributed by atoms with Gasteiger partial charge in [-0.1, -0.05) is 90.4 Å². The zero-order valence-electron chi connectivity index (χ0n) is 20.7. The van der Waals surface area contributed by atoms with Gasteiger partial charge in [0.1, 0.15) is 12.2 Å². The summed E-state index contributed by atoms with van der Waals surface area (Å²) < 4.78 is 27.8. The number of carbonyl (C=O) groups excluding carboxylic acids is 1. The summed E-state index contributed by atoms with van der Waals surface area (Å²) in [4.78, 5) is 20.1. The molecule has 0 aliphatic carbocycles. The lowest BCUT2D eigenvalue weighted by Crippen LogP contribution is -2.42. The molecule has 1 aliphatic rings. The fourth-order valence-corrected chi connectivity index (χ4v) is 4.63. The molecule has 5 atom stereocenters. The number of nitrogens with two attached hydrogens (primary N) is 1. The van der Waals surface area contributed by atoms with Gasteiger partial charge in [-0.3, -0.25) is 4.79 Å². The second kappa shape index (κ2) is 20.1. The average molecular weight is 506 g/mol. The van der Waals surface area contributed by atoms with Gasteiger partial charge in [0.2, 0.25) is 5.91 Å². The topological polar surface area (TPSA) is 140 Å². The first-order chi connectivity index (χ1) is 16.5. The largest absolute Gasteiger partial charge is 0.695 e. The van der Waals surface area contributed by atoms with E-state index in [4.69, 9.17) is 19.7 Å². The van der Waals surface area contributed by atoms with Crippen molar-refractivity contribution in [1.82, 2.24) is 5.32 Å². The minimum absolute atomic E-state index is 0.399. The Balaban J connectivity index is 2.21. The number of amides is 1. The van der Waals surface area contributed by atoms with Gasteiger partial charge in [0, 0.05) is 23.4 Å². The minimum atomic E-state index is -2.89. The van der Waals surface area contributed by atoms with Gasteiger partial charge in [-0.05, 0) is 6.42 Å². The molecule has 0 bridgehead atoms. The van der Waals surface area contributed by atoms with Crippen LogP contribution in [0.15, 0.2) is 12.3 Å². The van der Waals surface area contributed by atoms with Gasteiger partial charge in [-0.25, -0.2) is 0 Å². The molecule has 1 heterocycles. The molecule has 1 amide bonds. The lowest BCUT2D eigenvalue weighted by atomic mass is 10.0. The van der Waals surface area contributed by atoms with Crippen LogP contribution >= 0.6 is 8.25 Å². The Morgan fingerprint density at radius 2 is 1.50 bits per heavy atom. The van der Waals surface area contributed by atoms with Gasteiger partial charge in [0.05, 0.1) is 6.61 Å². The Labute approximate surface area is 205 Å². The molecule has 0 radical (unpaired) electrons. The monoisotopic (exact) mass is 505 g/mol. The van der Waals surface area contributed by atoms with Crippen molar-refractivity contribution in [3.05, 3.63) is 12.3 Å². The molecule has 5 N–H and O–H groups in total. The summed E-state index contributed by atoms with van der Waals surface area (Å²) in [5, 5.41) is 12.4. The molecule has 34 heavy (non-hydrogen) atoms. The van der Waals surface area contributed by atoms with Crippen LogP contribution < -0.4 is 11.1 Å². The first-order valence-electron chi connectivity index (χ1n) is 12.9. The molecular weight excluding hydrogens is 459 g/mol. The number of primary amides is 1. The molecule has 10 heteroatoms. The van der Waals surface area contributed by atoms with Crippen LogP contribution in [0.25, 0.3) is 0 Å². The van der Waals surface area contributed by atoms with Gasteiger partial charge in [-0.15, -0.1) is 9.42 Å². The summed E-state index contributed by atoms with van der Waals surface area (Å²) in [5.74, 6) is -0.629. The van der Waals surface area contributed by atoms with Gasteiger partial charge < -0.3 is 25.6 Å². The van der Waals surface area contributed by atoms with E-state index < -0.39 is 45.3 Å². The van der Waals surface area contributed by atoms with Gasteiger partial charge in [0.15, 0.2) is 12.3 Å². The number of carbonyl (C=O) groups is 1. The third-order valence-electron chi connectivity index (χ3n) is 6.02. The van der Waals surface area contributed by atoms with E-state index in [1.165, 1.54) is 76.8 Å².